The zero-order valence-electron chi connectivity index (χ0n) is 9.26. The standard InChI is InChI=1S/C12H19ClSi/c1-14(2,3)10-12(9-13)11-7-5-4-6-8-11/h4-8,12H,9-10H2,1-3H3. The van der Waals surface area contributed by atoms with E-state index >= 15 is 0 Å². The van der Waals surface area contributed by atoms with E-state index in [0.29, 0.717) is 5.92 Å². The molecule has 0 spiro atoms. The molecule has 0 aliphatic rings. The van der Waals surface area contributed by atoms with Crippen molar-refractivity contribution in [2.45, 2.75) is 31.6 Å². The quantitative estimate of drug-likeness (QED) is 0.529. The Morgan fingerprint density at radius 3 is 2.14 bits per heavy atom. The molecule has 0 saturated heterocycles. The molecule has 0 saturated carbocycles. The summed E-state index contributed by atoms with van der Waals surface area (Å²) < 4.78 is 0. The summed E-state index contributed by atoms with van der Waals surface area (Å²) in [4.78, 5) is 0. The second-order valence-electron chi connectivity index (χ2n) is 5.03. The summed E-state index contributed by atoms with van der Waals surface area (Å²) in [5, 5.41) is 0. The van der Waals surface area contributed by atoms with Gasteiger partial charge in [-0.15, -0.1) is 11.6 Å². The number of hydrogen-bond acceptors (Lipinski definition) is 0. The Bertz CT molecular complexity index is 263. The van der Waals surface area contributed by atoms with Crippen molar-refractivity contribution in [3.8, 4) is 0 Å². The molecule has 0 aliphatic heterocycles. The van der Waals surface area contributed by atoms with Gasteiger partial charge in [-0.2, -0.15) is 0 Å². The minimum absolute atomic E-state index is 0.546. The Labute approximate surface area is 93.3 Å². The molecule has 1 atom stereocenters. The topological polar surface area (TPSA) is 0 Å². The number of hydrogen-bond donors (Lipinski definition) is 0. The maximum atomic E-state index is 6.03. The highest BCUT2D eigenvalue weighted by Gasteiger charge is 2.20. The average Bonchev–Trinajstić information content (AvgIpc) is 2.14. The number of alkyl halides is 1. The highest BCUT2D eigenvalue weighted by molar-refractivity contribution is 6.76. The predicted molar refractivity (Wildman–Crippen MR) is 68.1 cm³/mol. The molecule has 0 heterocycles. The predicted octanol–water partition coefficient (Wildman–Crippen LogP) is 4.35. The van der Waals surface area contributed by atoms with Crippen molar-refractivity contribution in [3.05, 3.63) is 35.9 Å². The van der Waals surface area contributed by atoms with E-state index in [0.717, 1.165) is 5.88 Å². The van der Waals surface area contributed by atoms with Gasteiger partial charge in [-0.1, -0.05) is 50.0 Å². The van der Waals surface area contributed by atoms with Gasteiger partial charge in [-0.05, 0) is 17.5 Å². The van der Waals surface area contributed by atoms with Crippen molar-refractivity contribution in [2.24, 2.45) is 0 Å². The second kappa shape index (κ2) is 4.99. The van der Waals surface area contributed by atoms with Crippen LogP contribution in [-0.4, -0.2) is 14.0 Å². The number of benzene rings is 1. The van der Waals surface area contributed by atoms with Gasteiger partial charge in [0.25, 0.3) is 0 Å². The van der Waals surface area contributed by atoms with Crippen LogP contribution in [0.15, 0.2) is 30.3 Å². The molecule has 1 unspecified atom stereocenters. The van der Waals surface area contributed by atoms with Crippen LogP contribution in [0.1, 0.15) is 11.5 Å². The summed E-state index contributed by atoms with van der Waals surface area (Å²) in [6.45, 7) is 7.19. The van der Waals surface area contributed by atoms with Crippen LogP contribution < -0.4 is 0 Å². The van der Waals surface area contributed by atoms with Crippen LogP contribution in [0.3, 0.4) is 0 Å². The van der Waals surface area contributed by atoms with Crippen molar-refractivity contribution < 1.29 is 0 Å². The van der Waals surface area contributed by atoms with E-state index in [9.17, 15) is 0 Å². The van der Waals surface area contributed by atoms with E-state index in [4.69, 9.17) is 11.6 Å². The van der Waals surface area contributed by atoms with Crippen molar-refractivity contribution >= 4 is 19.7 Å². The summed E-state index contributed by atoms with van der Waals surface area (Å²) in [5.41, 5.74) is 1.39. The second-order valence-corrected chi connectivity index (χ2v) is 10.9. The van der Waals surface area contributed by atoms with Gasteiger partial charge in [-0.25, -0.2) is 0 Å². The summed E-state index contributed by atoms with van der Waals surface area (Å²) in [5.74, 6) is 1.29. The van der Waals surface area contributed by atoms with Crippen LogP contribution in [0.4, 0.5) is 0 Å². The van der Waals surface area contributed by atoms with E-state index in [1.54, 1.807) is 0 Å². The van der Waals surface area contributed by atoms with Crippen LogP contribution in [0.2, 0.25) is 25.7 Å². The first kappa shape index (κ1) is 11.8. The van der Waals surface area contributed by atoms with E-state index in [1.165, 1.54) is 11.6 Å². The zero-order valence-corrected chi connectivity index (χ0v) is 11.0. The summed E-state index contributed by atoms with van der Waals surface area (Å²) >= 11 is 6.03. The average molecular weight is 227 g/mol. The minimum atomic E-state index is -1.01. The molecule has 0 aliphatic carbocycles. The largest absolute Gasteiger partial charge is 0.126 e. The SMILES string of the molecule is C[Si](C)(C)CC(CCl)c1ccccc1. The lowest BCUT2D eigenvalue weighted by Gasteiger charge is -2.23. The molecule has 2 heteroatoms. The van der Waals surface area contributed by atoms with Crippen molar-refractivity contribution in [2.75, 3.05) is 5.88 Å². The number of halogens is 1. The van der Waals surface area contributed by atoms with E-state index in [-0.39, 0.29) is 0 Å². The van der Waals surface area contributed by atoms with Crippen LogP contribution in [-0.2, 0) is 0 Å². The van der Waals surface area contributed by atoms with Gasteiger partial charge in [0.15, 0.2) is 0 Å². The maximum Gasteiger partial charge on any atom is 0.0449 e. The molecule has 1 aromatic carbocycles. The summed E-state index contributed by atoms with van der Waals surface area (Å²) in [7, 11) is -1.01. The molecule has 14 heavy (non-hydrogen) atoms. The fraction of sp³-hybridized carbons (Fsp3) is 0.500. The van der Waals surface area contributed by atoms with E-state index < -0.39 is 8.07 Å². The lowest BCUT2D eigenvalue weighted by Crippen LogP contribution is -2.23. The molecule has 78 valence electrons. The van der Waals surface area contributed by atoms with Gasteiger partial charge in [-0.3, -0.25) is 0 Å². The highest BCUT2D eigenvalue weighted by atomic mass is 35.5. The first-order valence-electron chi connectivity index (χ1n) is 5.14. The third-order valence-electron chi connectivity index (χ3n) is 2.32. The van der Waals surface area contributed by atoms with Gasteiger partial charge in [0.05, 0.1) is 0 Å². The first-order valence-corrected chi connectivity index (χ1v) is 9.38. The normalized spacial score (nSPS) is 14.0. The Balaban J connectivity index is 2.73. The highest BCUT2D eigenvalue weighted by Crippen LogP contribution is 2.27. The minimum Gasteiger partial charge on any atom is -0.126 e. The third kappa shape index (κ3) is 3.85. The van der Waals surface area contributed by atoms with Crippen LogP contribution >= 0.6 is 11.6 Å². The Morgan fingerprint density at radius 1 is 1.14 bits per heavy atom. The van der Waals surface area contributed by atoms with Gasteiger partial charge in [0.2, 0.25) is 0 Å². The van der Waals surface area contributed by atoms with Crippen LogP contribution in [0.25, 0.3) is 0 Å². The van der Waals surface area contributed by atoms with Gasteiger partial charge in [0.1, 0.15) is 0 Å². The van der Waals surface area contributed by atoms with Gasteiger partial charge in [0, 0.05) is 14.0 Å². The summed E-state index contributed by atoms with van der Waals surface area (Å²) in [6.07, 6.45) is 0. The molecule has 0 radical (unpaired) electrons. The molecule has 0 amide bonds. The van der Waals surface area contributed by atoms with Gasteiger partial charge < -0.3 is 0 Å². The molecule has 0 fully saturated rings. The first-order chi connectivity index (χ1) is 6.53. The molecule has 1 aromatic rings. The summed E-state index contributed by atoms with van der Waals surface area (Å²) in [6, 6.07) is 11.9. The Morgan fingerprint density at radius 2 is 1.71 bits per heavy atom. The van der Waals surface area contributed by atoms with Crippen LogP contribution in [0.5, 0.6) is 0 Å². The number of rotatable bonds is 4. The third-order valence-corrected chi connectivity index (χ3v) is 4.41. The smallest absolute Gasteiger partial charge is 0.0449 e. The Kier molecular flexibility index (Phi) is 4.21. The van der Waals surface area contributed by atoms with Crippen molar-refractivity contribution in [1.29, 1.82) is 0 Å². The zero-order chi connectivity index (χ0) is 10.6. The monoisotopic (exact) mass is 226 g/mol. The Hall–Kier alpha value is -0.273. The van der Waals surface area contributed by atoms with Gasteiger partial charge >= 0.3 is 0 Å². The molecular weight excluding hydrogens is 208 g/mol. The van der Waals surface area contributed by atoms with Crippen molar-refractivity contribution in [1.82, 2.24) is 0 Å². The van der Waals surface area contributed by atoms with Crippen LogP contribution in [0, 0.1) is 0 Å². The molecular formula is C12H19ClSi. The molecule has 0 bridgehead atoms. The fourth-order valence-corrected chi connectivity index (χ4v) is 4.05. The van der Waals surface area contributed by atoms with Crippen molar-refractivity contribution in [3.63, 3.8) is 0 Å². The lowest BCUT2D eigenvalue weighted by atomic mass is 10.0. The fourth-order valence-electron chi connectivity index (χ4n) is 1.73. The molecule has 1 rings (SSSR count). The molecule has 0 nitrogen and oxygen atoms in total. The lowest BCUT2D eigenvalue weighted by molar-refractivity contribution is 0.853. The maximum absolute atomic E-state index is 6.03. The molecule has 0 aromatic heterocycles. The van der Waals surface area contributed by atoms with E-state index in [2.05, 4.69) is 50.0 Å². The molecule has 0 N–H and O–H groups in total. The van der Waals surface area contributed by atoms with E-state index in [1.807, 2.05) is 0 Å².